The second-order valence-corrected chi connectivity index (χ2v) is 10.2. The van der Waals surface area contributed by atoms with Crippen LogP contribution >= 0.6 is 0 Å². The molecule has 1 amide bonds. The summed E-state index contributed by atoms with van der Waals surface area (Å²) in [4.78, 5) is 22.9. The van der Waals surface area contributed by atoms with Crippen LogP contribution in [0.15, 0.2) is 42.4 Å². The molecule has 0 aromatic carbocycles. The molecule has 9 nitrogen and oxygen atoms in total. The summed E-state index contributed by atoms with van der Waals surface area (Å²) < 4.78 is 0. The van der Waals surface area contributed by atoms with E-state index in [9.17, 15) is 4.79 Å². The minimum absolute atomic E-state index is 0.141. The van der Waals surface area contributed by atoms with Crippen LogP contribution in [0.3, 0.4) is 0 Å². The van der Waals surface area contributed by atoms with Crippen LogP contribution in [0, 0.1) is 23.2 Å². The van der Waals surface area contributed by atoms with Crippen LogP contribution in [-0.4, -0.2) is 52.8 Å². The van der Waals surface area contributed by atoms with Gasteiger partial charge in [-0.3, -0.25) is 9.78 Å². The Kier molecular flexibility index (Phi) is 8.32. The molecule has 0 saturated carbocycles. The smallest absolute Gasteiger partial charge is 0.219 e. The zero-order valence-electron chi connectivity index (χ0n) is 21.8. The molecule has 0 aliphatic carbocycles. The molecule has 2 atom stereocenters. The minimum atomic E-state index is 0.141. The highest BCUT2D eigenvalue weighted by Gasteiger charge is 2.29. The van der Waals surface area contributed by atoms with Crippen molar-refractivity contribution in [1.29, 1.82) is 5.41 Å². The number of amides is 1. The van der Waals surface area contributed by atoms with Gasteiger partial charge in [0.15, 0.2) is 6.17 Å². The van der Waals surface area contributed by atoms with Gasteiger partial charge in [-0.2, -0.15) is 0 Å². The highest BCUT2D eigenvalue weighted by atomic mass is 16.2. The number of quaternary nitrogens is 2. The van der Waals surface area contributed by atoms with Crippen LogP contribution in [0.1, 0.15) is 46.1 Å². The number of rotatable bonds is 8. The average molecular weight is 493 g/mol. The molecule has 2 aliphatic rings. The van der Waals surface area contributed by atoms with Crippen molar-refractivity contribution in [2.45, 2.75) is 46.7 Å². The third-order valence-electron chi connectivity index (χ3n) is 7.42. The molecule has 0 spiro atoms. The first-order valence-corrected chi connectivity index (χ1v) is 13.0. The van der Waals surface area contributed by atoms with E-state index in [1.807, 2.05) is 35.5 Å². The molecule has 0 bridgehead atoms. The molecule has 7 N–H and O–H groups in total. The minimum Gasteiger partial charge on any atom is -0.343 e. The molecule has 2 aliphatic heterocycles. The van der Waals surface area contributed by atoms with Crippen LogP contribution in [0.2, 0.25) is 0 Å². The lowest BCUT2D eigenvalue weighted by Crippen LogP contribution is -3.01. The van der Waals surface area contributed by atoms with Crippen molar-refractivity contribution < 1.29 is 15.5 Å². The lowest BCUT2D eigenvalue weighted by molar-refractivity contribution is -0.737. The Morgan fingerprint density at radius 1 is 1.33 bits per heavy atom. The van der Waals surface area contributed by atoms with Crippen molar-refractivity contribution in [1.82, 2.24) is 20.3 Å². The summed E-state index contributed by atoms with van der Waals surface area (Å²) in [5, 5.41) is 13.7. The number of nitrogens with zero attached hydrogens (tertiary/aromatic N) is 3. The first-order chi connectivity index (χ1) is 17.4. The molecule has 2 aromatic rings. The number of pyridine rings is 2. The van der Waals surface area contributed by atoms with E-state index in [0.29, 0.717) is 17.8 Å². The van der Waals surface area contributed by atoms with Crippen LogP contribution in [-0.2, 0) is 4.79 Å². The van der Waals surface area contributed by atoms with E-state index >= 15 is 0 Å². The topological polar surface area (TPSA) is 127 Å². The van der Waals surface area contributed by atoms with Gasteiger partial charge in [0.05, 0.1) is 29.1 Å². The second kappa shape index (κ2) is 11.6. The van der Waals surface area contributed by atoms with E-state index in [1.165, 1.54) is 11.8 Å². The maximum atomic E-state index is 11.5. The van der Waals surface area contributed by atoms with E-state index in [1.54, 1.807) is 6.92 Å². The van der Waals surface area contributed by atoms with Crippen molar-refractivity contribution >= 4 is 34.5 Å². The summed E-state index contributed by atoms with van der Waals surface area (Å²) in [5.74, 6) is 2.40. The fourth-order valence-corrected chi connectivity index (χ4v) is 5.10. The second-order valence-electron chi connectivity index (χ2n) is 10.2. The molecule has 0 radical (unpaired) electrons. The number of aromatic nitrogens is 2. The van der Waals surface area contributed by atoms with Crippen molar-refractivity contribution in [3.8, 4) is 0 Å². The van der Waals surface area contributed by atoms with E-state index in [2.05, 4.69) is 53.4 Å². The van der Waals surface area contributed by atoms with Crippen LogP contribution in [0.4, 0.5) is 5.82 Å². The van der Waals surface area contributed by atoms with Crippen molar-refractivity contribution in [3.05, 3.63) is 47.9 Å². The monoisotopic (exact) mass is 492 g/mol. The first kappa shape index (κ1) is 25.8. The fourth-order valence-electron chi connectivity index (χ4n) is 5.10. The van der Waals surface area contributed by atoms with Gasteiger partial charge in [0, 0.05) is 50.1 Å². The molecule has 2 aromatic heterocycles. The summed E-state index contributed by atoms with van der Waals surface area (Å²) in [6.45, 7) is 11.0. The maximum Gasteiger partial charge on any atom is 0.219 e. The van der Waals surface area contributed by atoms with Crippen molar-refractivity contribution in [2.75, 3.05) is 25.0 Å². The zero-order chi connectivity index (χ0) is 25.7. The van der Waals surface area contributed by atoms with Gasteiger partial charge < -0.3 is 20.9 Å². The molecule has 1 saturated heterocycles. The van der Waals surface area contributed by atoms with E-state index in [-0.39, 0.29) is 12.1 Å². The maximum absolute atomic E-state index is 11.5. The normalized spacial score (nSPS) is 21.3. The summed E-state index contributed by atoms with van der Waals surface area (Å²) in [7, 11) is 0. The summed E-state index contributed by atoms with van der Waals surface area (Å²) in [6, 6.07) is 5.97. The number of hydrogen-bond acceptors (Lipinski definition) is 6. The first-order valence-electron chi connectivity index (χ1n) is 13.0. The van der Waals surface area contributed by atoms with E-state index < -0.39 is 0 Å². The third-order valence-corrected chi connectivity index (χ3v) is 7.42. The quantitative estimate of drug-likeness (QED) is 0.281. The van der Waals surface area contributed by atoms with Gasteiger partial charge in [0.25, 0.3) is 0 Å². The fraction of sp³-hybridized carbons (Fsp3) is 0.481. The molecule has 9 heteroatoms. The molecule has 36 heavy (non-hydrogen) atoms. The number of anilines is 1. The van der Waals surface area contributed by atoms with Gasteiger partial charge in [0.1, 0.15) is 12.0 Å². The summed E-state index contributed by atoms with van der Waals surface area (Å²) in [5.41, 5.74) is 10.1. The molecular formula is C27H40N8O+2. The number of nitrogens with one attached hydrogen (secondary N) is 3. The van der Waals surface area contributed by atoms with Crippen molar-refractivity contribution in [3.63, 3.8) is 0 Å². The molecule has 1 fully saturated rings. The standard InChI is InChI=1S/C27H38N8O/c1-17(2)23-16-31-34-27(18(23)3)33-26-6-5-24-25(32-26)11-21(15-30-24)22(12-28)14-29-13-20-7-9-35(10-8-20)19(4)36/h5-6,11-12,14-18,20,27-29,31,34H,7-10,13H2,1-4H3,(H,32,33)/p+2. The number of likely N-dealkylation sites (tertiary alicyclic amines) is 1. The molecule has 2 unspecified atom stereocenters. The van der Waals surface area contributed by atoms with Gasteiger partial charge in [-0.1, -0.05) is 20.8 Å². The summed E-state index contributed by atoms with van der Waals surface area (Å²) >= 11 is 0. The lowest BCUT2D eigenvalue weighted by atomic mass is 9.89. The van der Waals surface area contributed by atoms with Crippen molar-refractivity contribution in [2.24, 2.45) is 17.8 Å². The highest BCUT2D eigenvalue weighted by molar-refractivity contribution is 6.08. The van der Waals surface area contributed by atoms with Gasteiger partial charge in [-0.05, 0) is 42.5 Å². The Bertz CT molecular complexity index is 1150. The Labute approximate surface area is 213 Å². The number of piperidine rings is 1. The molecular weight excluding hydrogens is 452 g/mol. The SMILES string of the molecule is CC(=O)N1CCC(C[NH2+]C=C(C=N)c2cnc3ccc(NC4[NH2+]NC=C(C(C)C)C4C)nc3c2)CC1. The number of allylic oxidation sites excluding steroid dienone is 1. The largest absolute Gasteiger partial charge is 0.343 e. The summed E-state index contributed by atoms with van der Waals surface area (Å²) in [6.07, 6.45) is 9.51. The third kappa shape index (κ3) is 6.09. The van der Waals surface area contributed by atoms with Gasteiger partial charge in [0.2, 0.25) is 5.91 Å². The number of hydrogen-bond donors (Lipinski definition) is 5. The average Bonchev–Trinajstić information content (AvgIpc) is 2.87. The predicted molar refractivity (Wildman–Crippen MR) is 143 cm³/mol. The lowest BCUT2D eigenvalue weighted by Gasteiger charge is -2.30. The van der Waals surface area contributed by atoms with Crippen LogP contribution in [0.25, 0.3) is 16.6 Å². The number of carbonyl (C=O) groups excluding carboxylic acids is 1. The highest BCUT2D eigenvalue weighted by Crippen LogP contribution is 2.24. The van der Waals surface area contributed by atoms with Crippen LogP contribution in [0.5, 0.6) is 0 Å². The number of nitrogens with two attached hydrogens (primary N) is 2. The van der Waals surface area contributed by atoms with Gasteiger partial charge in [-0.15, -0.1) is 0 Å². The van der Waals surface area contributed by atoms with E-state index in [4.69, 9.17) is 10.4 Å². The van der Waals surface area contributed by atoms with Crippen LogP contribution < -0.4 is 21.5 Å². The zero-order valence-corrected chi connectivity index (χ0v) is 21.8. The van der Waals surface area contributed by atoms with Gasteiger partial charge in [-0.25, -0.2) is 15.8 Å². The Morgan fingerprint density at radius 2 is 2.11 bits per heavy atom. The Morgan fingerprint density at radius 3 is 2.81 bits per heavy atom. The molecule has 4 heterocycles. The number of fused-ring (bicyclic) bond motifs is 1. The predicted octanol–water partition coefficient (Wildman–Crippen LogP) is 1.44. The Balaban J connectivity index is 1.42. The van der Waals surface area contributed by atoms with E-state index in [0.717, 1.165) is 60.5 Å². The molecule has 4 rings (SSSR count). The Hall–Kier alpha value is -3.30. The number of carbonyl (C=O) groups is 1. The molecule has 192 valence electrons. The van der Waals surface area contributed by atoms with Gasteiger partial charge >= 0.3 is 0 Å².